The highest BCUT2D eigenvalue weighted by Crippen LogP contribution is 2.37. The lowest BCUT2D eigenvalue weighted by molar-refractivity contribution is -0.144. The van der Waals surface area contributed by atoms with Crippen LogP contribution in [0.5, 0.6) is 0 Å². The maximum Gasteiger partial charge on any atom is 0.248 e. The summed E-state index contributed by atoms with van der Waals surface area (Å²) in [6.45, 7) is 6.92. The van der Waals surface area contributed by atoms with E-state index in [9.17, 15) is 24.3 Å². The average molecular weight is 475 g/mol. The molecule has 0 bridgehead atoms. The first-order chi connectivity index (χ1) is 15.9. The molecule has 1 aliphatic rings. The number of carbonyl (C=O) groups excluding carboxylic acids is 4. The van der Waals surface area contributed by atoms with Crippen LogP contribution in [0.4, 0.5) is 0 Å². The smallest absolute Gasteiger partial charge is 0.248 e. The number of Topliss-reactive ketones (excluding diaryl/α,β-unsaturated/α-hetero) is 1. The van der Waals surface area contributed by atoms with E-state index >= 15 is 0 Å². The molecule has 9 heteroatoms. The maximum absolute atomic E-state index is 13.1. The minimum Gasteiger partial charge on any atom is -0.391 e. The minimum absolute atomic E-state index is 0.0126. The Morgan fingerprint density at radius 1 is 1.09 bits per heavy atom. The van der Waals surface area contributed by atoms with Gasteiger partial charge in [0.25, 0.3) is 0 Å². The summed E-state index contributed by atoms with van der Waals surface area (Å²) >= 11 is 0. The number of ketones is 1. The molecule has 34 heavy (non-hydrogen) atoms. The van der Waals surface area contributed by atoms with Crippen molar-refractivity contribution in [3.63, 3.8) is 0 Å². The molecule has 0 heterocycles. The van der Waals surface area contributed by atoms with Crippen LogP contribution in [0, 0.1) is 5.92 Å². The quantitative estimate of drug-likeness (QED) is 0.347. The van der Waals surface area contributed by atoms with E-state index in [2.05, 4.69) is 16.0 Å². The van der Waals surface area contributed by atoms with Gasteiger partial charge < -0.3 is 26.0 Å². The number of likely N-dealkylation sites (N-methyl/N-ethyl adjacent to an activating group) is 2. The van der Waals surface area contributed by atoms with Crippen molar-refractivity contribution >= 4 is 23.5 Å². The van der Waals surface area contributed by atoms with E-state index in [0.717, 1.165) is 5.56 Å². The molecule has 1 fully saturated rings. The molecule has 9 nitrogen and oxygen atoms in total. The second kappa shape index (κ2) is 11.6. The monoisotopic (exact) mass is 474 g/mol. The summed E-state index contributed by atoms with van der Waals surface area (Å²) in [5, 5.41) is 18.6. The highest BCUT2D eigenvalue weighted by Gasteiger charge is 2.55. The second-order valence-electron chi connectivity index (χ2n) is 9.65. The number of aliphatic hydroxyl groups excluding tert-OH is 1. The zero-order chi connectivity index (χ0) is 25.6. The third kappa shape index (κ3) is 6.87. The molecule has 1 saturated carbocycles. The molecular formula is C25H38N4O5. The van der Waals surface area contributed by atoms with E-state index in [1.165, 1.54) is 18.9 Å². The lowest BCUT2D eigenvalue weighted by atomic mass is 10.0. The van der Waals surface area contributed by atoms with Crippen molar-refractivity contribution in [2.75, 3.05) is 14.1 Å². The van der Waals surface area contributed by atoms with Gasteiger partial charge in [0.05, 0.1) is 12.1 Å². The number of aliphatic hydroxyl groups is 1. The minimum atomic E-state index is -1.23. The molecule has 1 aliphatic carbocycles. The van der Waals surface area contributed by atoms with Crippen molar-refractivity contribution < 1.29 is 24.3 Å². The molecule has 0 spiro atoms. The van der Waals surface area contributed by atoms with Gasteiger partial charge in [-0.3, -0.25) is 19.2 Å². The number of amides is 3. The van der Waals surface area contributed by atoms with Gasteiger partial charge in [0.1, 0.15) is 17.6 Å². The molecule has 4 unspecified atom stereocenters. The van der Waals surface area contributed by atoms with Crippen LogP contribution in [0.1, 0.15) is 46.1 Å². The summed E-state index contributed by atoms with van der Waals surface area (Å²) in [7, 11) is 3.09. The molecule has 1 aromatic rings. The molecule has 188 valence electrons. The Bertz CT molecular complexity index is 889. The number of nitrogens with zero attached hydrogens (tertiary/aromatic N) is 1. The molecule has 2 rings (SSSR count). The molecule has 0 saturated heterocycles. The Hall–Kier alpha value is -2.78. The Kier molecular flexibility index (Phi) is 9.35. The van der Waals surface area contributed by atoms with E-state index < -0.39 is 47.5 Å². The molecule has 0 radical (unpaired) electrons. The Morgan fingerprint density at radius 2 is 1.68 bits per heavy atom. The summed E-state index contributed by atoms with van der Waals surface area (Å²) in [6.07, 6.45) is 0.0623. The van der Waals surface area contributed by atoms with Gasteiger partial charge in [-0.15, -0.1) is 0 Å². The van der Waals surface area contributed by atoms with Gasteiger partial charge in [-0.25, -0.2) is 0 Å². The molecular weight excluding hydrogens is 436 g/mol. The maximum atomic E-state index is 13.1. The third-order valence-corrected chi connectivity index (χ3v) is 6.29. The van der Waals surface area contributed by atoms with Gasteiger partial charge in [0, 0.05) is 13.5 Å². The van der Waals surface area contributed by atoms with Gasteiger partial charge in [-0.1, -0.05) is 44.2 Å². The van der Waals surface area contributed by atoms with Crippen molar-refractivity contribution in [3.05, 3.63) is 35.9 Å². The van der Waals surface area contributed by atoms with Crippen LogP contribution in [0.15, 0.2) is 30.3 Å². The second-order valence-corrected chi connectivity index (χ2v) is 9.65. The van der Waals surface area contributed by atoms with Gasteiger partial charge in [0.15, 0.2) is 5.78 Å². The summed E-state index contributed by atoms with van der Waals surface area (Å²) in [4.78, 5) is 52.0. The summed E-state index contributed by atoms with van der Waals surface area (Å²) in [5.41, 5.74) is 0.0999. The van der Waals surface area contributed by atoms with Crippen molar-refractivity contribution in [1.82, 2.24) is 20.9 Å². The first-order valence-corrected chi connectivity index (χ1v) is 11.7. The van der Waals surface area contributed by atoms with E-state index in [1.54, 1.807) is 14.0 Å². The van der Waals surface area contributed by atoms with Gasteiger partial charge >= 0.3 is 0 Å². The Morgan fingerprint density at radius 3 is 2.15 bits per heavy atom. The van der Waals surface area contributed by atoms with E-state index in [4.69, 9.17) is 0 Å². The van der Waals surface area contributed by atoms with Crippen molar-refractivity contribution in [1.29, 1.82) is 0 Å². The standard InChI is InChI=1S/C25H38N4O5/c1-15(2)13-25(14-20(25)31)28-22(32)16(3)29(6)24(34)21(17(4)30)27-23(33)19(26-5)12-18-10-8-7-9-11-18/h7-11,15-17,19,21,26,30H,12-14H2,1-6H3,(H,27,33)(H,28,32)/t16?,17-,19?,21?,25?/m1/s1. The van der Waals surface area contributed by atoms with Crippen LogP contribution in [-0.4, -0.2) is 77.4 Å². The fourth-order valence-electron chi connectivity index (χ4n) is 4.02. The van der Waals surface area contributed by atoms with E-state index in [1.807, 2.05) is 44.2 Å². The highest BCUT2D eigenvalue weighted by molar-refractivity contribution is 6.08. The molecule has 5 atom stereocenters. The number of hydrogen-bond acceptors (Lipinski definition) is 6. The summed E-state index contributed by atoms with van der Waals surface area (Å²) in [6, 6.07) is 6.71. The first kappa shape index (κ1) is 27.5. The van der Waals surface area contributed by atoms with Gasteiger partial charge in [0.2, 0.25) is 17.7 Å². The zero-order valence-corrected chi connectivity index (χ0v) is 20.9. The van der Waals surface area contributed by atoms with Crippen LogP contribution in [0.3, 0.4) is 0 Å². The Balaban J connectivity index is 2.05. The van der Waals surface area contributed by atoms with Crippen molar-refractivity contribution in [3.8, 4) is 0 Å². The normalized spacial score (nSPS) is 20.8. The van der Waals surface area contributed by atoms with E-state index in [0.29, 0.717) is 19.3 Å². The number of nitrogens with one attached hydrogen (secondary N) is 3. The molecule has 0 aliphatic heterocycles. The lowest BCUT2D eigenvalue weighted by Gasteiger charge is -2.31. The van der Waals surface area contributed by atoms with Crippen molar-refractivity contribution in [2.45, 2.75) is 76.7 Å². The van der Waals surface area contributed by atoms with Crippen LogP contribution in [0.2, 0.25) is 0 Å². The van der Waals surface area contributed by atoms with Crippen LogP contribution in [0.25, 0.3) is 0 Å². The summed E-state index contributed by atoms with van der Waals surface area (Å²) < 4.78 is 0. The van der Waals surface area contributed by atoms with Gasteiger partial charge in [-0.2, -0.15) is 0 Å². The van der Waals surface area contributed by atoms with E-state index in [-0.39, 0.29) is 11.7 Å². The fourth-order valence-corrected chi connectivity index (χ4v) is 4.02. The molecule has 3 amide bonds. The molecule has 4 N–H and O–H groups in total. The number of carbonyl (C=O) groups is 4. The molecule has 0 aromatic heterocycles. The highest BCUT2D eigenvalue weighted by atomic mass is 16.3. The topological polar surface area (TPSA) is 128 Å². The third-order valence-electron chi connectivity index (χ3n) is 6.29. The summed E-state index contributed by atoms with van der Waals surface area (Å²) in [5.74, 6) is -1.26. The average Bonchev–Trinajstić information content (AvgIpc) is 3.40. The fraction of sp³-hybridized carbons (Fsp3) is 0.600. The zero-order valence-electron chi connectivity index (χ0n) is 20.9. The number of benzene rings is 1. The largest absolute Gasteiger partial charge is 0.391 e. The van der Waals surface area contributed by atoms with Gasteiger partial charge in [-0.05, 0) is 45.2 Å². The predicted molar refractivity (Wildman–Crippen MR) is 129 cm³/mol. The SMILES string of the molecule is CNC(Cc1ccccc1)C(=O)NC(C(=O)N(C)C(C)C(=O)NC1(CC(C)C)CC1=O)[C@@H](C)O. The van der Waals surface area contributed by atoms with Crippen LogP contribution < -0.4 is 16.0 Å². The first-order valence-electron chi connectivity index (χ1n) is 11.7. The van der Waals surface area contributed by atoms with Crippen molar-refractivity contribution in [2.24, 2.45) is 5.92 Å². The van der Waals surface area contributed by atoms with Crippen LogP contribution >= 0.6 is 0 Å². The lowest BCUT2D eigenvalue weighted by Crippen LogP contribution is -2.59. The predicted octanol–water partition coefficient (Wildman–Crippen LogP) is 0.404. The molecule has 1 aromatic carbocycles. The van der Waals surface area contributed by atoms with Crippen LogP contribution in [-0.2, 0) is 25.6 Å². The Labute approximate surface area is 201 Å². The number of hydrogen-bond donors (Lipinski definition) is 4. The number of rotatable bonds is 12.